The Hall–Kier alpha value is -3.57. The fraction of sp³-hybridized carbons (Fsp3) is 0.0833. The Balaban J connectivity index is 1.82. The molecule has 0 fully saturated rings. The molecule has 0 saturated carbocycles. The van der Waals surface area contributed by atoms with Crippen LogP contribution in [-0.4, -0.2) is 18.4 Å². The molecule has 1 N–H and O–H groups in total. The minimum Gasteiger partial charge on any atom is -0.350 e. The first-order valence-electron chi connectivity index (χ1n) is 9.57. The van der Waals surface area contributed by atoms with Crippen molar-refractivity contribution in [2.45, 2.75) is 5.66 Å². The molecule has 30 heavy (non-hydrogen) atoms. The maximum absolute atomic E-state index is 13.9. The van der Waals surface area contributed by atoms with Crippen LogP contribution in [0.4, 0.5) is 17.1 Å². The first-order valence-corrected chi connectivity index (χ1v) is 9.95. The SMILES string of the molecule is C=CCN1C(=O)C2(Nc3ccccc3C(=O)N2c2ccc(Cl)cc2)c2ccccc21. The highest BCUT2D eigenvalue weighted by atomic mass is 35.5. The molecule has 0 radical (unpaired) electrons. The number of amides is 2. The smallest absolute Gasteiger partial charge is 0.279 e. The van der Waals surface area contributed by atoms with Crippen LogP contribution in [0.25, 0.3) is 0 Å². The van der Waals surface area contributed by atoms with Gasteiger partial charge in [-0.1, -0.05) is 48.0 Å². The average molecular weight is 416 g/mol. The molecule has 5 nitrogen and oxygen atoms in total. The largest absolute Gasteiger partial charge is 0.350 e. The van der Waals surface area contributed by atoms with Crippen LogP contribution < -0.4 is 15.1 Å². The Morgan fingerprint density at radius 1 is 0.967 bits per heavy atom. The van der Waals surface area contributed by atoms with Crippen LogP contribution in [0.15, 0.2) is 85.5 Å². The molecule has 6 heteroatoms. The molecule has 2 aliphatic rings. The number of carbonyl (C=O) groups excluding carboxylic acids is 2. The summed E-state index contributed by atoms with van der Waals surface area (Å²) in [5, 5.41) is 3.96. The highest BCUT2D eigenvalue weighted by molar-refractivity contribution is 6.30. The van der Waals surface area contributed by atoms with Gasteiger partial charge in [0.05, 0.1) is 11.3 Å². The van der Waals surface area contributed by atoms with Crippen molar-refractivity contribution in [2.75, 3.05) is 21.7 Å². The van der Waals surface area contributed by atoms with E-state index in [1.54, 1.807) is 41.3 Å². The van der Waals surface area contributed by atoms with Crippen molar-refractivity contribution in [3.63, 3.8) is 0 Å². The number of benzene rings is 3. The summed E-state index contributed by atoms with van der Waals surface area (Å²) in [7, 11) is 0. The number of fused-ring (bicyclic) bond motifs is 3. The van der Waals surface area contributed by atoms with Crippen molar-refractivity contribution in [2.24, 2.45) is 0 Å². The Kier molecular flexibility index (Phi) is 4.15. The molecule has 0 saturated heterocycles. The minimum absolute atomic E-state index is 0.235. The number of carbonyl (C=O) groups is 2. The monoisotopic (exact) mass is 415 g/mol. The van der Waals surface area contributed by atoms with Gasteiger partial charge < -0.3 is 10.2 Å². The number of hydrogen-bond donors (Lipinski definition) is 1. The second-order valence-electron chi connectivity index (χ2n) is 7.22. The number of para-hydroxylation sites is 2. The summed E-state index contributed by atoms with van der Waals surface area (Å²) in [6, 6.07) is 21.7. The standard InChI is InChI=1S/C24H18ClN3O2/c1-2-15-27-21-10-6-4-8-19(21)24(23(27)30)26-20-9-5-3-7-18(20)22(29)28(24)17-13-11-16(25)12-14-17/h2-14,26H,1,15H2. The molecule has 148 valence electrons. The molecule has 3 aromatic carbocycles. The van der Waals surface area contributed by atoms with E-state index < -0.39 is 5.66 Å². The fourth-order valence-electron chi connectivity index (χ4n) is 4.29. The zero-order valence-electron chi connectivity index (χ0n) is 16.0. The third-order valence-electron chi connectivity index (χ3n) is 5.55. The lowest BCUT2D eigenvalue weighted by atomic mass is 9.92. The van der Waals surface area contributed by atoms with Gasteiger partial charge in [0.1, 0.15) is 0 Å². The van der Waals surface area contributed by atoms with Gasteiger partial charge in [-0.15, -0.1) is 6.58 Å². The average Bonchev–Trinajstić information content (AvgIpc) is 2.99. The Bertz CT molecular complexity index is 1190. The van der Waals surface area contributed by atoms with E-state index in [9.17, 15) is 9.59 Å². The number of hydrogen-bond acceptors (Lipinski definition) is 3. The molecular weight excluding hydrogens is 398 g/mol. The van der Waals surface area contributed by atoms with E-state index in [0.29, 0.717) is 28.5 Å². The van der Waals surface area contributed by atoms with Crippen molar-refractivity contribution in [1.29, 1.82) is 0 Å². The molecule has 2 aliphatic heterocycles. The fourth-order valence-corrected chi connectivity index (χ4v) is 4.41. The molecule has 3 aromatic rings. The molecule has 5 rings (SSSR count). The topological polar surface area (TPSA) is 52.7 Å². The third kappa shape index (κ3) is 2.42. The summed E-state index contributed by atoms with van der Waals surface area (Å²) in [5.41, 5.74) is 1.77. The van der Waals surface area contributed by atoms with Crippen LogP contribution in [0.5, 0.6) is 0 Å². The quantitative estimate of drug-likeness (QED) is 0.625. The second-order valence-corrected chi connectivity index (χ2v) is 7.66. The van der Waals surface area contributed by atoms with Crippen molar-refractivity contribution < 1.29 is 9.59 Å². The molecule has 0 bridgehead atoms. The second kappa shape index (κ2) is 6.75. The maximum Gasteiger partial charge on any atom is 0.279 e. The van der Waals surface area contributed by atoms with Gasteiger partial charge in [0, 0.05) is 28.5 Å². The summed E-state index contributed by atoms with van der Waals surface area (Å²) in [6.45, 7) is 4.13. The Labute approximate surface area is 179 Å². The molecule has 0 aromatic heterocycles. The molecule has 1 spiro atoms. The van der Waals surface area contributed by atoms with Crippen LogP contribution in [0.2, 0.25) is 5.02 Å². The van der Waals surface area contributed by atoms with Gasteiger partial charge in [-0.3, -0.25) is 14.5 Å². The van der Waals surface area contributed by atoms with Gasteiger partial charge in [-0.05, 0) is 42.5 Å². The van der Waals surface area contributed by atoms with Gasteiger partial charge in [-0.25, -0.2) is 0 Å². The lowest BCUT2D eigenvalue weighted by Gasteiger charge is -2.45. The summed E-state index contributed by atoms with van der Waals surface area (Å²) in [4.78, 5) is 30.9. The highest BCUT2D eigenvalue weighted by Gasteiger charge is 2.59. The van der Waals surface area contributed by atoms with Crippen molar-refractivity contribution in [3.8, 4) is 0 Å². The van der Waals surface area contributed by atoms with Crippen molar-refractivity contribution in [3.05, 3.63) is 102 Å². The zero-order chi connectivity index (χ0) is 20.9. The van der Waals surface area contributed by atoms with Crippen molar-refractivity contribution >= 4 is 40.5 Å². The van der Waals surface area contributed by atoms with E-state index >= 15 is 0 Å². The van der Waals surface area contributed by atoms with Gasteiger partial charge in [-0.2, -0.15) is 0 Å². The summed E-state index contributed by atoms with van der Waals surface area (Å²) in [5.74, 6) is -0.489. The van der Waals surface area contributed by atoms with Gasteiger partial charge in [0.15, 0.2) is 0 Å². The molecule has 1 unspecified atom stereocenters. The molecule has 2 amide bonds. The molecule has 2 heterocycles. The van der Waals surface area contributed by atoms with Crippen LogP contribution in [0.1, 0.15) is 15.9 Å². The first-order chi connectivity index (χ1) is 14.6. The van der Waals surface area contributed by atoms with Crippen LogP contribution in [-0.2, 0) is 10.5 Å². The third-order valence-corrected chi connectivity index (χ3v) is 5.80. The van der Waals surface area contributed by atoms with Crippen molar-refractivity contribution in [1.82, 2.24) is 0 Å². The van der Waals surface area contributed by atoms with Gasteiger partial charge in [0.25, 0.3) is 11.8 Å². The van der Waals surface area contributed by atoms with E-state index in [0.717, 1.165) is 11.3 Å². The Morgan fingerprint density at radius 2 is 1.67 bits per heavy atom. The Morgan fingerprint density at radius 3 is 2.43 bits per heavy atom. The van der Waals surface area contributed by atoms with Gasteiger partial charge >= 0.3 is 0 Å². The molecular formula is C24H18ClN3O2. The lowest BCUT2D eigenvalue weighted by molar-refractivity contribution is -0.122. The van der Waals surface area contributed by atoms with E-state index in [-0.39, 0.29) is 11.8 Å². The summed E-state index contributed by atoms with van der Waals surface area (Å²) < 4.78 is 0. The summed E-state index contributed by atoms with van der Waals surface area (Å²) in [6.07, 6.45) is 1.68. The first kappa shape index (κ1) is 18.5. The van der Waals surface area contributed by atoms with Crippen LogP contribution >= 0.6 is 11.6 Å². The maximum atomic E-state index is 13.9. The highest BCUT2D eigenvalue weighted by Crippen LogP contribution is 2.49. The summed E-state index contributed by atoms with van der Waals surface area (Å²) >= 11 is 6.09. The number of nitrogens with one attached hydrogen (secondary N) is 1. The molecule has 1 atom stereocenters. The van der Waals surface area contributed by atoms with Crippen LogP contribution in [0.3, 0.4) is 0 Å². The molecule has 0 aliphatic carbocycles. The number of rotatable bonds is 3. The van der Waals surface area contributed by atoms with E-state index in [1.165, 1.54) is 4.90 Å². The zero-order valence-corrected chi connectivity index (χ0v) is 16.8. The minimum atomic E-state index is -1.40. The number of anilines is 3. The number of halogens is 1. The predicted octanol–water partition coefficient (Wildman–Crippen LogP) is 4.80. The van der Waals surface area contributed by atoms with Crippen LogP contribution in [0, 0.1) is 0 Å². The van der Waals surface area contributed by atoms with Gasteiger partial charge in [0.2, 0.25) is 5.66 Å². The number of nitrogens with zero attached hydrogens (tertiary/aromatic N) is 2. The lowest BCUT2D eigenvalue weighted by Crippen LogP contribution is -2.63. The van der Waals surface area contributed by atoms with E-state index in [2.05, 4.69) is 11.9 Å². The predicted molar refractivity (Wildman–Crippen MR) is 119 cm³/mol. The normalized spacial score (nSPS) is 19.5. The van der Waals surface area contributed by atoms with E-state index in [4.69, 9.17) is 11.6 Å². The van der Waals surface area contributed by atoms with E-state index in [1.807, 2.05) is 42.5 Å².